The van der Waals surface area contributed by atoms with Crippen LogP contribution in [0.2, 0.25) is 0 Å². The number of aliphatic hydroxyl groups is 1. The second-order valence-corrected chi connectivity index (χ2v) is 6.16. The Morgan fingerprint density at radius 1 is 1.20 bits per heavy atom. The summed E-state index contributed by atoms with van der Waals surface area (Å²) in [5.74, 6) is 1.02. The minimum Gasteiger partial charge on any atom is -0.497 e. The van der Waals surface area contributed by atoms with Gasteiger partial charge in [0.15, 0.2) is 0 Å². The minimum atomic E-state index is -0.272. The Bertz CT molecular complexity index is 738. The van der Waals surface area contributed by atoms with Gasteiger partial charge in [0.05, 0.1) is 25.5 Å². The molecule has 0 aromatic heterocycles. The van der Waals surface area contributed by atoms with E-state index in [1.165, 1.54) is 12.8 Å². The van der Waals surface area contributed by atoms with Crippen molar-refractivity contribution in [2.75, 3.05) is 12.4 Å². The van der Waals surface area contributed by atoms with Gasteiger partial charge < -0.3 is 19.9 Å². The van der Waals surface area contributed by atoms with Crippen LogP contribution in [0.4, 0.5) is 5.69 Å². The van der Waals surface area contributed by atoms with Crippen molar-refractivity contribution in [1.29, 1.82) is 0 Å². The summed E-state index contributed by atoms with van der Waals surface area (Å²) in [5, 5.41) is 12.3. The molecule has 132 valence electrons. The number of nitrogens with one attached hydrogen (secondary N) is 1. The fraction of sp³-hybridized carbons (Fsp3) is 0.350. The van der Waals surface area contributed by atoms with E-state index in [0.717, 1.165) is 12.8 Å². The summed E-state index contributed by atoms with van der Waals surface area (Å²) < 4.78 is 11.4. The summed E-state index contributed by atoms with van der Waals surface area (Å²) >= 11 is 0. The standard InChI is InChI=1S/C20H23NO4/c1-24-16-10-11-18(19(12-16)25-15-7-3-4-8-15)21-20(23)17-9-5-2-6-14(17)13-22/h2,5-6,9-12,15,22H,3-4,7-8,13H2,1H3,(H,21,23). The Morgan fingerprint density at radius 3 is 2.68 bits per heavy atom. The number of rotatable bonds is 6. The summed E-state index contributed by atoms with van der Waals surface area (Å²) in [4.78, 5) is 12.6. The van der Waals surface area contributed by atoms with E-state index in [-0.39, 0.29) is 18.6 Å². The molecule has 2 N–H and O–H groups in total. The molecule has 0 saturated heterocycles. The van der Waals surface area contributed by atoms with Crippen LogP contribution in [0.3, 0.4) is 0 Å². The Balaban J connectivity index is 1.84. The van der Waals surface area contributed by atoms with Gasteiger partial charge in [-0.1, -0.05) is 18.2 Å². The Morgan fingerprint density at radius 2 is 1.96 bits per heavy atom. The first-order chi connectivity index (χ1) is 12.2. The van der Waals surface area contributed by atoms with E-state index in [9.17, 15) is 9.90 Å². The molecule has 0 bridgehead atoms. The monoisotopic (exact) mass is 341 g/mol. The molecule has 1 fully saturated rings. The first kappa shape index (κ1) is 17.3. The zero-order chi connectivity index (χ0) is 17.6. The lowest BCUT2D eigenvalue weighted by Gasteiger charge is -2.18. The van der Waals surface area contributed by atoms with Crippen LogP contribution in [0.25, 0.3) is 0 Å². The predicted molar refractivity (Wildman–Crippen MR) is 96.2 cm³/mol. The predicted octanol–water partition coefficient (Wildman–Crippen LogP) is 3.76. The highest BCUT2D eigenvalue weighted by Gasteiger charge is 2.20. The number of ether oxygens (including phenoxy) is 2. The van der Waals surface area contributed by atoms with Gasteiger partial charge in [0.1, 0.15) is 11.5 Å². The molecule has 1 saturated carbocycles. The molecular weight excluding hydrogens is 318 g/mol. The summed E-state index contributed by atoms with van der Waals surface area (Å²) in [7, 11) is 1.60. The van der Waals surface area contributed by atoms with E-state index in [1.807, 2.05) is 0 Å². The number of anilines is 1. The van der Waals surface area contributed by atoms with Gasteiger partial charge in [0, 0.05) is 11.6 Å². The van der Waals surface area contributed by atoms with E-state index in [2.05, 4.69) is 5.32 Å². The van der Waals surface area contributed by atoms with Crippen molar-refractivity contribution in [3.05, 3.63) is 53.6 Å². The minimum absolute atomic E-state index is 0.174. The lowest BCUT2D eigenvalue weighted by molar-refractivity contribution is 0.102. The number of aliphatic hydroxyl groups excluding tert-OH is 1. The second kappa shape index (κ2) is 8.03. The topological polar surface area (TPSA) is 67.8 Å². The van der Waals surface area contributed by atoms with E-state index in [0.29, 0.717) is 28.3 Å². The molecule has 0 heterocycles. The van der Waals surface area contributed by atoms with Crippen molar-refractivity contribution in [2.45, 2.75) is 38.4 Å². The molecule has 0 radical (unpaired) electrons. The van der Waals surface area contributed by atoms with Crippen LogP contribution in [0.5, 0.6) is 11.5 Å². The van der Waals surface area contributed by atoms with Crippen LogP contribution in [0, 0.1) is 0 Å². The van der Waals surface area contributed by atoms with Gasteiger partial charge in [-0.15, -0.1) is 0 Å². The third-order valence-electron chi connectivity index (χ3n) is 4.47. The highest BCUT2D eigenvalue weighted by atomic mass is 16.5. The lowest BCUT2D eigenvalue weighted by Crippen LogP contribution is -2.17. The van der Waals surface area contributed by atoms with Gasteiger partial charge in [-0.2, -0.15) is 0 Å². The number of benzene rings is 2. The zero-order valence-corrected chi connectivity index (χ0v) is 14.3. The largest absolute Gasteiger partial charge is 0.497 e. The molecule has 1 amide bonds. The average Bonchev–Trinajstić information content (AvgIpc) is 3.16. The molecule has 0 unspecified atom stereocenters. The molecule has 1 aliphatic rings. The smallest absolute Gasteiger partial charge is 0.256 e. The van der Waals surface area contributed by atoms with Crippen LogP contribution in [0.15, 0.2) is 42.5 Å². The fourth-order valence-electron chi connectivity index (χ4n) is 3.09. The molecule has 0 aliphatic heterocycles. The summed E-state index contributed by atoms with van der Waals surface area (Å²) in [6, 6.07) is 12.4. The third kappa shape index (κ3) is 4.12. The normalized spacial score (nSPS) is 14.3. The second-order valence-electron chi connectivity index (χ2n) is 6.16. The average molecular weight is 341 g/mol. The summed E-state index contributed by atoms with van der Waals surface area (Å²) in [5.41, 5.74) is 1.64. The van der Waals surface area contributed by atoms with E-state index >= 15 is 0 Å². The number of methoxy groups -OCH3 is 1. The zero-order valence-electron chi connectivity index (χ0n) is 14.3. The maximum absolute atomic E-state index is 12.6. The van der Waals surface area contributed by atoms with Gasteiger partial charge in [0.25, 0.3) is 5.91 Å². The molecule has 5 nitrogen and oxygen atoms in total. The Kier molecular flexibility index (Phi) is 5.56. The van der Waals surface area contributed by atoms with Crippen molar-refractivity contribution in [3.8, 4) is 11.5 Å². The van der Waals surface area contributed by atoms with Crippen molar-refractivity contribution >= 4 is 11.6 Å². The Labute approximate surface area is 147 Å². The molecular formula is C20H23NO4. The molecule has 2 aromatic rings. The van der Waals surface area contributed by atoms with Crippen LogP contribution >= 0.6 is 0 Å². The highest BCUT2D eigenvalue weighted by Crippen LogP contribution is 2.33. The maximum atomic E-state index is 12.6. The van der Waals surface area contributed by atoms with Crippen LogP contribution in [-0.4, -0.2) is 24.2 Å². The van der Waals surface area contributed by atoms with Crippen LogP contribution in [0.1, 0.15) is 41.6 Å². The Hall–Kier alpha value is -2.53. The fourth-order valence-corrected chi connectivity index (χ4v) is 3.09. The number of amides is 1. The summed E-state index contributed by atoms with van der Waals surface area (Å²) in [6.07, 6.45) is 4.56. The molecule has 5 heteroatoms. The first-order valence-corrected chi connectivity index (χ1v) is 8.56. The van der Waals surface area contributed by atoms with Crippen molar-refractivity contribution in [3.63, 3.8) is 0 Å². The highest BCUT2D eigenvalue weighted by molar-refractivity contribution is 6.06. The molecule has 0 spiro atoms. The lowest BCUT2D eigenvalue weighted by atomic mass is 10.1. The van der Waals surface area contributed by atoms with E-state index in [4.69, 9.17) is 9.47 Å². The molecule has 2 aromatic carbocycles. The number of carbonyl (C=O) groups excluding carboxylic acids is 1. The van der Waals surface area contributed by atoms with E-state index < -0.39 is 0 Å². The number of hydrogen-bond donors (Lipinski definition) is 2. The number of carbonyl (C=O) groups is 1. The van der Waals surface area contributed by atoms with Crippen LogP contribution in [-0.2, 0) is 6.61 Å². The quantitative estimate of drug-likeness (QED) is 0.839. The van der Waals surface area contributed by atoms with Gasteiger partial charge in [-0.25, -0.2) is 0 Å². The van der Waals surface area contributed by atoms with Gasteiger partial charge in [0.2, 0.25) is 0 Å². The maximum Gasteiger partial charge on any atom is 0.256 e. The van der Waals surface area contributed by atoms with Gasteiger partial charge >= 0.3 is 0 Å². The first-order valence-electron chi connectivity index (χ1n) is 8.56. The molecule has 0 atom stereocenters. The SMILES string of the molecule is COc1ccc(NC(=O)c2ccccc2CO)c(OC2CCCC2)c1. The van der Waals surface area contributed by atoms with Crippen LogP contribution < -0.4 is 14.8 Å². The molecule has 1 aliphatic carbocycles. The van der Waals surface area contributed by atoms with Crippen molar-refractivity contribution < 1.29 is 19.4 Å². The van der Waals surface area contributed by atoms with Gasteiger partial charge in [-0.3, -0.25) is 4.79 Å². The third-order valence-corrected chi connectivity index (χ3v) is 4.47. The van der Waals surface area contributed by atoms with E-state index in [1.54, 1.807) is 49.6 Å². The van der Waals surface area contributed by atoms with Crippen molar-refractivity contribution in [1.82, 2.24) is 0 Å². The van der Waals surface area contributed by atoms with Crippen molar-refractivity contribution in [2.24, 2.45) is 0 Å². The summed E-state index contributed by atoms with van der Waals surface area (Å²) in [6.45, 7) is -0.183. The van der Waals surface area contributed by atoms with Gasteiger partial charge in [-0.05, 0) is 49.4 Å². The molecule has 25 heavy (non-hydrogen) atoms. The molecule has 3 rings (SSSR count). The number of hydrogen-bond acceptors (Lipinski definition) is 4.